The van der Waals surface area contributed by atoms with Gasteiger partial charge in [0.05, 0.1) is 5.56 Å². The van der Waals surface area contributed by atoms with Crippen molar-refractivity contribution < 1.29 is 9.53 Å². The van der Waals surface area contributed by atoms with Crippen LogP contribution in [0.3, 0.4) is 0 Å². The highest BCUT2D eigenvalue weighted by molar-refractivity contribution is 5.89. The molecule has 1 atom stereocenters. The van der Waals surface area contributed by atoms with E-state index in [1.165, 1.54) is 0 Å². The lowest BCUT2D eigenvalue weighted by molar-refractivity contribution is 0.0407. The van der Waals surface area contributed by atoms with Gasteiger partial charge in [-0.05, 0) is 31.6 Å². The zero-order chi connectivity index (χ0) is 10.6. The second-order valence-electron chi connectivity index (χ2n) is 3.26. The predicted molar refractivity (Wildman–Crippen MR) is 56.1 cm³/mol. The molecule has 0 saturated heterocycles. The SMILES string of the molecule is C=C(C)C(C)OC(=O)c1ccccc1. The van der Waals surface area contributed by atoms with Gasteiger partial charge in [0.25, 0.3) is 0 Å². The first kappa shape index (κ1) is 10.5. The van der Waals surface area contributed by atoms with Gasteiger partial charge in [-0.1, -0.05) is 24.8 Å². The summed E-state index contributed by atoms with van der Waals surface area (Å²) in [6.45, 7) is 7.37. The fraction of sp³-hybridized carbons (Fsp3) is 0.250. The molecule has 14 heavy (non-hydrogen) atoms. The third kappa shape index (κ3) is 2.73. The third-order valence-electron chi connectivity index (χ3n) is 1.99. The van der Waals surface area contributed by atoms with E-state index in [4.69, 9.17) is 4.74 Å². The van der Waals surface area contributed by atoms with Gasteiger partial charge in [0.1, 0.15) is 6.10 Å². The molecule has 0 aliphatic carbocycles. The number of benzene rings is 1. The summed E-state index contributed by atoms with van der Waals surface area (Å²) in [5.74, 6) is -0.305. The van der Waals surface area contributed by atoms with Crippen molar-refractivity contribution in [1.29, 1.82) is 0 Å². The lowest BCUT2D eigenvalue weighted by Crippen LogP contribution is -2.15. The van der Waals surface area contributed by atoms with Crippen LogP contribution in [-0.2, 0) is 4.74 Å². The van der Waals surface area contributed by atoms with Crippen molar-refractivity contribution >= 4 is 5.97 Å². The molecular formula is C12H14O2. The third-order valence-corrected chi connectivity index (χ3v) is 1.99. The van der Waals surface area contributed by atoms with Crippen molar-refractivity contribution in [3.63, 3.8) is 0 Å². The molecule has 0 saturated carbocycles. The minimum Gasteiger partial charge on any atom is -0.455 e. The Balaban J connectivity index is 2.64. The van der Waals surface area contributed by atoms with E-state index in [1.54, 1.807) is 12.1 Å². The maximum atomic E-state index is 11.5. The zero-order valence-corrected chi connectivity index (χ0v) is 8.49. The summed E-state index contributed by atoms with van der Waals surface area (Å²) in [6, 6.07) is 8.93. The molecule has 1 aromatic rings. The Hall–Kier alpha value is -1.57. The van der Waals surface area contributed by atoms with E-state index in [2.05, 4.69) is 6.58 Å². The predicted octanol–water partition coefficient (Wildman–Crippen LogP) is 2.81. The first-order valence-corrected chi connectivity index (χ1v) is 4.52. The van der Waals surface area contributed by atoms with E-state index in [0.717, 1.165) is 5.57 Å². The molecule has 1 rings (SSSR count). The van der Waals surface area contributed by atoms with Gasteiger partial charge in [0.2, 0.25) is 0 Å². The van der Waals surface area contributed by atoms with Gasteiger partial charge in [-0.3, -0.25) is 0 Å². The van der Waals surface area contributed by atoms with Crippen LogP contribution >= 0.6 is 0 Å². The molecule has 0 bridgehead atoms. The molecular weight excluding hydrogens is 176 g/mol. The van der Waals surface area contributed by atoms with Crippen molar-refractivity contribution in [2.24, 2.45) is 0 Å². The second kappa shape index (κ2) is 4.61. The van der Waals surface area contributed by atoms with E-state index in [9.17, 15) is 4.79 Å². The number of ether oxygens (including phenoxy) is 1. The van der Waals surface area contributed by atoms with Crippen LogP contribution in [0.25, 0.3) is 0 Å². The zero-order valence-electron chi connectivity index (χ0n) is 8.49. The van der Waals surface area contributed by atoms with Gasteiger partial charge in [0, 0.05) is 0 Å². The van der Waals surface area contributed by atoms with E-state index in [1.807, 2.05) is 32.0 Å². The van der Waals surface area contributed by atoms with Crippen LogP contribution in [0, 0.1) is 0 Å². The summed E-state index contributed by atoms with van der Waals surface area (Å²) in [5.41, 5.74) is 1.41. The van der Waals surface area contributed by atoms with Crippen molar-refractivity contribution in [3.05, 3.63) is 48.0 Å². The standard InChI is InChI=1S/C12H14O2/c1-9(2)10(3)14-12(13)11-7-5-4-6-8-11/h4-8,10H,1H2,2-3H3. The van der Waals surface area contributed by atoms with Crippen molar-refractivity contribution in [2.45, 2.75) is 20.0 Å². The van der Waals surface area contributed by atoms with Crippen LogP contribution in [0.1, 0.15) is 24.2 Å². The molecule has 1 unspecified atom stereocenters. The number of hydrogen-bond donors (Lipinski definition) is 0. The number of esters is 1. The fourth-order valence-electron chi connectivity index (χ4n) is 0.903. The normalized spacial score (nSPS) is 11.9. The number of carbonyl (C=O) groups excluding carboxylic acids is 1. The Kier molecular flexibility index (Phi) is 3.46. The van der Waals surface area contributed by atoms with Crippen molar-refractivity contribution in [3.8, 4) is 0 Å². The van der Waals surface area contributed by atoms with Gasteiger partial charge >= 0.3 is 5.97 Å². The van der Waals surface area contributed by atoms with Gasteiger partial charge < -0.3 is 4.74 Å². The molecule has 0 spiro atoms. The summed E-state index contributed by atoms with van der Waals surface area (Å²) >= 11 is 0. The minimum absolute atomic E-state index is 0.234. The summed E-state index contributed by atoms with van der Waals surface area (Å²) in [5, 5.41) is 0. The smallest absolute Gasteiger partial charge is 0.338 e. The average Bonchev–Trinajstić information content (AvgIpc) is 2.19. The molecule has 0 amide bonds. The molecule has 0 aliphatic rings. The van der Waals surface area contributed by atoms with E-state index in [-0.39, 0.29) is 12.1 Å². The second-order valence-corrected chi connectivity index (χ2v) is 3.26. The molecule has 2 nitrogen and oxygen atoms in total. The molecule has 2 heteroatoms. The monoisotopic (exact) mass is 190 g/mol. The lowest BCUT2D eigenvalue weighted by atomic mass is 10.2. The largest absolute Gasteiger partial charge is 0.455 e. The molecule has 1 aromatic carbocycles. The Labute approximate surface area is 84.2 Å². The Bertz CT molecular complexity index is 327. The molecule has 74 valence electrons. The van der Waals surface area contributed by atoms with E-state index < -0.39 is 0 Å². The minimum atomic E-state index is -0.305. The molecule has 0 N–H and O–H groups in total. The summed E-state index contributed by atoms with van der Waals surface area (Å²) in [7, 11) is 0. The molecule has 0 fully saturated rings. The van der Waals surface area contributed by atoms with Crippen molar-refractivity contribution in [1.82, 2.24) is 0 Å². The van der Waals surface area contributed by atoms with E-state index in [0.29, 0.717) is 5.56 Å². The quantitative estimate of drug-likeness (QED) is 0.541. The van der Waals surface area contributed by atoms with Gasteiger partial charge in [-0.15, -0.1) is 0 Å². The lowest BCUT2D eigenvalue weighted by Gasteiger charge is -2.12. The van der Waals surface area contributed by atoms with Gasteiger partial charge in [-0.25, -0.2) is 4.79 Å². The number of hydrogen-bond acceptors (Lipinski definition) is 2. The van der Waals surface area contributed by atoms with Crippen LogP contribution in [0.2, 0.25) is 0 Å². The molecule has 0 radical (unpaired) electrons. The first-order chi connectivity index (χ1) is 6.61. The molecule has 0 heterocycles. The van der Waals surface area contributed by atoms with Crippen LogP contribution < -0.4 is 0 Å². The Morgan fingerprint density at radius 1 is 1.36 bits per heavy atom. The maximum absolute atomic E-state index is 11.5. The van der Waals surface area contributed by atoms with Crippen LogP contribution in [0.4, 0.5) is 0 Å². The molecule has 0 aliphatic heterocycles. The summed E-state index contributed by atoms with van der Waals surface area (Å²) in [4.78, 5) is 11.5. The Morgan fingerprint density at radius 2 is 1.93 bits per heavy atom. The van der Waals surface area contributed by atoms with Crippen LogP contribution in [0.15, 0.2) is 42.5 Å². The first-order valence-electron chi connectivity index (χ1n) is 4.52. The van der Waals surface area contributed by atoms with Crippen molar-refractivity contribution in [2.75, 3.05) is 0 Å². The van der Waals surface area contributed by atoms with Gasteiger partial charge in [0.15, 0.2) is 0 Å². The highest BCUT2D eigenvalue weighted by atomic mass is 16.5. The maximum Gasteiger partial charge on any atom is 0.338 e. The molecule has 0 aromatic heterocycles. The van der Waals surface area contributed by atoms with Crippen LogP contribution in [0.5, 0.6) is 0 Å². The topological polar surface area (TPSA) is 26.3 Å². The summed E-state index contributed by atoms with van der Waals surface area (Å²) < 4.78 is 5.16. The fourth-order valence-corrected chi connectivity index (χ4v) is 0.903. The average molecular weight is 190 g/mol. The number of carbonyl (C=O) groups is 1. The van der Waals surface area contributed by atoms with Gasteiger partial charge in [-0.2, -0.15) is 0 Å². The summed E-state index contributed by atoms with van der Waals surface area (Å²) in [6.07, 6.45) is -0.234. The highest BCUT2D eigenvalue weighted by Crippen LogP contribution is 2.07. The van der Waals surface area contributed by atoms with Crippen LogP contribution in [-0.4, -0.2) is 12.1 Å². The van der Waals surface area contributed by atoms with E-state index >= 15 is 0 Å². The Morgan fingerprint density at radius 3 is 2.43 bits per heavy atom. The highest BCUT2D eigenvalue weighted by Gasteiger charge is 2.11. The number of rotatable bonds is 3.